The third-order valence-corrected chi connectivity index (χ3v) is 17.4. The van der Waals surface area contributed by atoms with Crippen LogP contribution in [0.1, 0.15) is 209 Å². The third kappa shape index (κ3) is 8.40. The lowest BCUT2D eigenvalue weighted by Crippen LogP contribution is -2.68. The molecule has 0 radical (unpaired) electrons. The van der Waals surface area contributed by atoms with Crippen LogP contribution in [-0.4, -0.2) is 46.7 Å². The fourth-order valence-corrected chi connectivity index (χ4v) is 13.7. The van der Waals surface area contributed by atoms with Gasteiger partial charge in [0.15, 0.2) is 0 Å². The van der Waals surface area contributed by atoms with E-state index in [2.05, 4.69) is 47.6 Å². The number of fused-ring (bicyclic) bond motifs is 7. The van der Waals surface area contributed by atoms with Gasteiger partial charge >= 0.3 is 5.97 Å². The number of aliphatic hydroxyl groups excluding tert-OH is 3. The normalized spacial score (nSPS) is 40.3. The molecular weight excluding hydrogens is 657 g/mol. The lowest BCUT2D eigenvalue weighted by Gasteiger charge is -2.71. The van der Waals surface area contributed by atoms with Gasteiger partial charge in [0.05, 0.1) is 30.8 Å². The second-order valence-electron chi connectivity index (χ2n) is 21.2. The topological polar surface area (TPSA) is 87.0 Å². The largest absolute Gasteiger partial charge is 0.465 e. The van der Waals surface area contributed by atoms with Gasteiger partial charge in [-0.05, 0) is 104 Å². The van der Waals surface area contributed by atoms with Crippen molar-refractivity contribution in [2.24, 2.45) is 50.2 Å². The molecule has 0 spiro atoms. The van der Waals surface area contributed by atoms with Crippen LogP contribution in [0.25, 0.3) is 0 Å². The molecule has 0 bridgehead atoms. The fraction of sp³-hybridized carbons (Fsp3) is 0.938. The molecule has 0 aromatic carbocycles. The van der Waals surface area contributed by atoms with Gasteiger partial charge in [0, 0.05) is 5.41 Å². The molecule has 10 atom stereocenters. The predicted molar refractivity (Wildman–Crippen MR) is 218 cm³/mol. The summed E-state index contributed by atoms with van der Waals surface area (Å²) < 4.78 is 6.28. The van der Waals surface area contributed by atoms with Crippen molar-refractivity contribution in [1.29, 1.82) is 0 Å². The molecule has 0 heterocycles. The van der Waals surface area contributed by atoms with Crippen LogP contribution in [0, 0.1) is 50.2 Å². The smallest absolute Gasteiger partial charge is 0.312 e. The molecule has 0 aromatic heterocycles. The summed E-state index contributed by atoms with van der Waals surface area (Å²) in [5.41, 5.74) is 0.404. The number of allylic oxidation sites excluding steroid dienone is 2. The minimum absolute atomic E-state index is 0.0198. The summed E-state index contributed by atoms with van der Waals surface area (Å²) in [6.45, 7) is 16.9. The lowest BCUT2D eigenvalue weighted by atomic mass is 9.33. The Morgan fingerprint density at radius 1 is 0.717 bits per heavy atom. The second kappa shape index (κ2) is 17.7. The van der Waals surface area contributed by atoms with E-state index in [0.717, 1.165) is 64.2 Å². The molecule has 5 heteroatoms. The molecule has 53 heavy (non-hydrogen) atoms. The molecule has 5 rings (SSSR count). The molecule has 0 saturated heterocycles. The minimum Gasteiger partial charge on any atom is -0.465 e. The fourth-order valence-electron chi connectivity index (χ4n) is 13.7. The summed E-state index contributed by atoms with van der Waals surface area (Å²) in [7, 11) is 0. The third-order valence-electron chi connectivity index (χ3n) is 17.4. The highest BCUT2D eigenvalue weighted by atomic mass is 16.5. The summed E-state index contributed by atoms with van der Waals surface area (Å²) >= 11 is 0. The number of aliphatic hydroxyl groups is 3. The van der Waals surface area contributed by atoms with Crippen molar-refractivity contribution in [2.45, 2.75) is 221 Å². The van der Waals surface area contributed by atoms with E-state index in [4.69, 9.17) is 4.74 Å². The van der Waals surface area contributed by atoms with Crippen molar-refractivity contribution in [3.05, 3.63) is 11.6 Å². The molecule has 5 aliphatic carbocycles. The molecule has 0 aliphatic heterocycles. The van der Waals surface area contributed by atoms with Gasteiger partial charge in [-0.2, -0.15) is 0 Å². The summed E-state index contributed by atoms with van der Waals surface area (Å²) in [5, 5.41) is 33.0. The Kier molecular flexibility index (Phi) is 14.4. The summed E-state index contributed by atoms with van der Waals surface area (Å²) in [5.74, 6) is 0.799. The first-order valence-corrected chi connectivity index (χ1v) is 23.0. The molecule has 0 unspecified atom stereocenters. The van der Waals surface area contributed by atoms with E-state index < -0.39 is 23.0 Å². The Morgan fingerprint density at radius 2 is 1.26 bits per heavy atom. The predicted octanol–water partition coefficient (Wildman–Crippen LogP) is 11.9. The SMILES string of the molecule is CCCCCCCCCCCCCCCCCCOC(=O)[C@]12CCC(C)(C)C[C@H]1C1=CC[C@@H]3[C@@]4(C)C[C@@H](O)[C@H](O)[C@@](C)(CO)[C@@H]4CC[C@@]3(C)[C@]1(C)CC2. The van der Waals surface area contributed by atoms with Gasteiger partial charge in [-0.25, -0.2) is 0 Å². The molecule has 306 valence electrons. The average molecular weight is 741 g/mol. The quantitative estimate of drug-likeness (QED) is 0.0697. The number of rotatable bonds is 19. The zero-order valence-corrected chi connectivity index (χ0v) is 35.7. The van der Waals surface area contributed by atoms with Gasteiger partial charge in [0.1, 0.15) is 0 Å². The Bertz CT molecular complexity index is 1230. The second-order valence-corrected chi connectivity index (χ2v) is 21.2. The van der Waals surface area contributed by atoms with Crippen LogP contribution in [0.5, 0.6) is 0 Å². The van der Waals surface area contributed by atoms with Crippen LogP contribution in [0.2, 0.25) is 0 Å². The molecule has 5 aliphatic rings. The maximum atomic E-state index is 14.4. The highest BCUT2D eigenvalue weighted by Crippen LogP contribution is 2.75. The van der Waals surface area contributed by atoms with Gasteiger partial charge in [-0.15, -0.1) is 0 Å². The van der Waals surface area contributed by atoms with Crippen LogP contribution >= 0.6 is 0 Å². The van der Waals surface area contributed by atoms with E-state index >= 15 is 0 Å². The standard InChI is InChI=1S/C48H84O5/c1-8-9-10-11-12-13-14-15-16-17-18-19-20-21-22-23-32-53-42(52)48-30-28-43(2,3)33-37(48)36-24-25-40-44(4)34-38(50)41(51)45(5,35-49)39(44)26-27-47(40,7)46(36,6)29-31-48/h24,37-41,49-51H,8-23,25-35H2,1-7H3/t37-,38+,39+,40+,41-,44-,45-,46+,47+,48-/m0/s1. The first-order valence-electron chi connectivity index (χ1n) is 23.0. The van der Waals surface area contributed by atoms with Crippen molar-refractivity contribution in [1.82, 2.24) is 0 Å². The van der Waals surface area contributed by atoms with Crippen LogP contribution < -0.4 is 0 Å². The minimum atomic E-state index is -0.898. The molecular formula is C48H84O5. The van der Waals surface area contributed by atoms with E-state index in [0.29, 0.717) is 18.9 Å². The van der Waals surface area contributed by atoms with E-state index in [1.807, 2.05) is 6.92 Å². The van der Waals surface area contributed by atoms with E-state index in [1.165, 1.54) is 95.5 Å². The van der Waals surface area contributed by atoms with Crippen LogP contribution in [0.15, 0.2) is 11.6 Å². The van der Waals surface area contributed by atoms with Crippen molar-refractivity contribution in [3.63, 3.8) is 0 Å². The molecule has 0 aromatic rings. The van der Waals surface area contributed by atoms with Crippen molar-refractivity contribution in [2.75, 3.05) is 13.2 Å². The number of carbonyl (C=O) groups is 1. The molecule has 0 amide bonds. The van der Waals surface area contributed by atoms with Crippen molar-refractivity contribution in [3.8, 4) is 0 Å². The molecule has 3 N–H and O–H groups in total. The van der Waals surface area contributed by atoms with E-state index in [1.54, 1.807) is 0 Å². The Morgan fingerprint density at radius 3 is 1.83 bits per heavy atom. The lowest BCUT2D eigenvalue weighted by molar-refractivity contribution is -0.243. The average Bonchev–Trinajstić information content (AvgIpc) is 3.11. The van der Waals surface area contributed by atoms with Gasteiger partial charge < -0.3 is 20.1 Å². The van der Waals surface area contributed by atoms with Crippen LogP contribution in [-0.2, 0) is 9.53 Å². The molecule has 5 nitrogen and oxygen atoms in total. The van der Waals surface area contributed by atoms with Gasteiger partial charge in [-0.3, -0.25) is 4.79 Å². The van der Waals surface area contributed by atoms with Crippen molar-refractivity contribution < 1.29 is 24.9 Å². The summed E-state index contributed by atoms with van der Waals surface area (Å²) in [6, 6.07) is 0. The van der Waals surface area contributed by atoms with E-state index in [-0.39, 0.29) is 46.1 Å². The van der Waals surface area contributed by atoms with E-state index in [9.17, 15) is 20.1 Å². The summed E-state index contributed by atoms with van der Waals surface area (Å²) in [6.07, 6.45) is 30.8. The first kappa shape index (κ1) is 43.2. The van der Waals surface area contributed by atoms with Gasteiger partial charge in [0.25, 0.3) is 0 Å². The number of unbranched alkanes of at least 4 members (excludes halogenated alkanes) is 15. The number of ether oxygens (including phenoxy) is 1. The zero-order valence-electron chi connectivity index (χ0n) is 35.7. The molecule has 4 saturated carbocycles. The van der Waals surface area contributed by atoms with Gasteiger partial charge in [-0.1, -0.05) is 156 Å². The first-order chi connectivity index (χ1) is 25.2. The van der Waals surface area contributed by atoms with Crippen LogP contribution in [0.4, 0.5) is 0 Å². The summed E-state index contributed by atoms with van der Waals surface area (Å²) in [4.78, 5) is 14.4. The highest BCUT2D eigenvalue weighted by molar-refractivity contribution is 5.78. The number of esters is 1. The van der Waals surface area contributed by atoms with Gasteiger partial charge in [0.2, 0.25) is 0 Å². The van der Waals surface area contributed by atoms with Crippen LogP contribution in [0.3, 0.4) is 0 Å². The maximum absolute atomic E-state index is 14.4. The molecule has 4 fully saturated rings. The Balaban J connectivity index is 1.14. The number of hydrogen-bond acceptors (Lipinski definition) is 5. The Hall–Kier alpha value is -0.910. The van der Waals surface area contributed by atoms with Crippen molar-refractivity contribution >= 4 is 5.97 Å². The number of hydrogen-bond donors (Lipinski definition) is 3. The maximum Gasteiger partial charge on any atom is 0.312 e. The monoisotopic (exact) mass is 741 g/mol. The highest BCUT2D eigenvalue weighted by Gasteiger charge is 2.70. The Labute approximate surface area is 326 Å². The number of carbonyl (C=O) groups excluding carboxylic acids is 1. The zero-order chi connectivity index (χ0) is 38.5.